The zero-order chi connectivity index (χ0) is 9.84. The van der Waals surface area contributed by atoms with Crippen molar-refractivity contribution in [3.05, 3.63) is 0 Å². The van der Waals surface area contributed by atoms with Crippen LogP contribution < -0.4 is 5.73 Å². The molecule has 0 aromatic carbocycles. The number of hydrogen-bond acceptors (Lipinski definition) is 5. The van der Waals surface area contributed by atoms with Gasteiger partial charge < -0.3 is 15.4 Å². The Morgan fingerprint density at radius 3 is 2.92 bits per heavy atom. The summed E-state index contributed by atoms with van der Waals surface area (Å²) in [6.45, 7) is -0.0615. The summed E-state index contributed by atoms with van der Waals surface area (Å²) in [6, 6.07) is -0.453. The summed E-state index contributed by atoms with van der Waals surface area (Å²) in [4.78, 5) is 23.9. The lowest BCUT2D eigenvalue weighted by atomic mass is 10.3. The van der Waals surface area contributed by atoms with Gasteiger partial charge >= 0.3 is 5.97 Å². The zero-order valence-corrected chi connectivity index (χ0v) is 8.17. The van der Waals surface area contributed by atoms with Crippen molar-refractivity contribution in [2.75, 3.05) is 25.3 Å². The van der Waals surface area contributed by atoms with Gasteiger partial charge in [-0.1, -0.05) is 0 Å². The highest BCUT2D eigenvalue weighted by atomic mass is 32.2. The van der Waals surface area contributed by atoms with Gasteiger partial charge in [0.05, 0.1) is 19.5 Å². The Kier molecular flexibility index (Phi) is 3.56. The molecule has 1 rings (SSSR count). The number of esters is 1. The highest BCUT2D eigenvalue weighted by Crippen LogP contribution is 2.21. The third-order valence-corrected chi connectivity index (χ3v) is 2.86. The summed E-state index contributed by atoms with van der Waals surface area (Å²) in [5, 5.41) is 0. The number of ether oxygens (including phenoxy) is 1. The standard InChI is InChI=1S/C7H12N2O3S/c1-12-7(11)5-3-13-4-9(5)6(10)2-8/h5H,2-4,8H2,1H3. The molecule has 1 unspecified atom stereocenters. The third kappa shape index (κ3) is 2.13. The smallest absolute Gasteiger partial charge is 0.329 e. The fraction of sp³-hybridized carbons (Fsp3) is 0.714. The van der Waals surface area contributed by atoms with Crippen LogP contribution in [0.3, 0.4) is 0 Å². The molecule has 0 saturated carbocycles. The van der Waals surface area contributed by atoms with E-state index in [4.69, 9.17) is 5.73 Å². The maximum absolute atomic E-state index is 11.2. The van der Waals surface area contributed by atoms with Gasteiger partial charge in [0.2, 0.25) is 5.91 Å². The van der Waals surface area contributed by atoms with Gasteiger partial charge in [0, 0.05) is 5.75 Å². The van der Waals surface area contributed by atoms with Crippen LogP contribution in [0.5, 0.6) is 0 Å². The molecule has 1 heterocycles. The van der Waals surface area contributed by atoms with Gasteiger partial charge in [-0.25, -0.2) is 4.79 Å². The van der Waals surface area contributed by atoms with Gasteiger partial charge in [-0.2, -0.15) is 0 Å². The van der Waals surface area contributed by atoms with Gasteiger partial charge in [-0.3, -0.25) is 4.79 Å². The van der Waals surface area contributed by atoms with E-state index in [2.05, 4.69) is 4.74 Å². The zero-order valence-electron chi connectivity index (χ0n) is 7.36. The lowest BCUT2D eigenvalue weighted by Crippen LogP contribution is -2.44. The number of rotatable bonds is 2. The van der Waals surface area contributed by atoms with E-state index in [-0.39, 0.29) is 18.4 Å². The first-order chi connectivity index (χ1) is 6.20. The molecular formula is C7H12N2O3S. The molecule has 74 valence electrons. The van der Waals surface area contributed by atoms with Crippen molar-refractivity contribution in [2.24, 2.45) is 5.73 Å². The minimum absolute atomic E-state index is 0.0615. The molecule has 0 bridgehead atoms. The van der Waals surface area contributed by atoms with Gasteiger partial charge in [0.1, 0.15) is 6.04 Å². The van der Waals surface area contributed by atoms with Crippen LogP contribution in [-0.2, 0) is 14.3 Å². The maximum atomic E-state index is 11.2. The first kappa shape index (κ1) is 10.3. The monoisotopic (exact) mass is 204 g/mol. The van der Waals surface area contributed by atoms with Crippen LogP contribution in [0.15, 0.2) is 0 Å². The number of hydrogen-bond donors (Lipinski definition) is 1. The first-order valence-corrected chi connectivity index (χ1v) is 5.01. The molecule has 1 aliphatic heterocycles. The number of carbonyl (C=O) groups is 2. The Labute approximate surface area is 80.6 Å². The largest absolute Gasteiger partial charge is 0.467 e. The SMILES string of the molecule is COC(=O)C1CSCN1C(=O)CN. The van der Waals surface area contributed by atoms with E-state index in [1.165, 1.54) is 23.8 Å². The van der Waals surface area contributed by atoms with Crippen LogP contribution in [0.1, 0.15) is 0 Å². The lowest BCUT2D eigenvalue weighted by Gasteiger charge is -2.20. The van der Waals surface area contributed by atoms with E-state index in [0.29, 0.717) is 11.6 Å². The summed E-state index contributed by atoms with van der Waals surface area (Å²) >= 11 is 1.53. The van der Waals surface area contributed by atoms with E-state index < -0.39 is 6.04 Å². The number of thioether (sulfide) groups is 1. The molecule has 6 heteroatoms. The van der Waals surface area contributed by atoms with Crippen LogP contribution in [0.2, 0.25) is 0 Å². The van der Waals surface area contributed by atoms with E-state index >= 15 is 0 Å². The normalized spacial score (nSPS) is 21.7. The topological polar surface area (TPSA) is 72.6 Å². The van der Waals surface area contributed by atoms with Crippen molar-refractivity contribution in [2.45, 2.75) is 6.04 Å². The van der Waals surface area contributed by atoms with Crippen LogP contribution in [0.4, 0.5) is 0 Å². The minimum atomic E-state index is -0.453. The Balaban J connectivity index is 2.63. The van der Waals surface area contributed by atoms with Crippen LogP contribution >= 0.6 is 11.8 Å². The van der Waals surface area contributed by atoms with Gasteiger partial charge in [-0.15, -0.1) is 11.8 Å². The number of nitrogens with two attached hydrogens (primary N) is 1. The number of methoxy groups -OCH3 is 1. The molecule has 1 atom stereocenters. The van der Waals surface area contributed by atoms with E-state index in [9.17, 15) is 9.59 Å². The molecule has 1 amide bonds. The lowest BCUT2D eigenvalue weighted by molar-refractivity contribution is -0.150. The van der Waals surface area contributed by atoms with E-state index in [1.54, 1.807) is 0 Å². The predicted octanol–water partition coefficient (Wildman–Crippen LogP) is -0.980. The molecule has 5 nitrogen and oxygen atoms in total. The number of amides is 1. The fourth-order valence-corrected chi connectivity index (χ4v) is 2.30. The van der Waals surface area contributed by atoms with Crippen LogP contribution in [0, 0.1) is 0 Å². The van der Waals surface area contributed by atoms with Crippen molar-refractivity contribution >= 4 is 23.6 Å². The van der Waals surface area contributed by atoms with Gasteiger partial charge in [-0.05, 0) is 0 Å². The molecule has 1 fully saturated rings. The minimum Gasteiger partial charge on any atom is -0.467 e. The molecule has 0 spiro atoms. The predicted molar refractivity (Wildman–Crippen MR) is 49.0 cm³/mol. The summed E-state index contributed by atoms with van der Waals surface area (Å²) in [5.74, 6) is 0.543. The molecule has 1 aliphatic rings. The molecule has 2 N–H and O–H groups in total. The molecular weight excluding hydrogens is 192 g/mol. The third-order valence-electron chi connectivity index (χ3n) is 1.85. The first-order valence-electron chi connectivity index (χ1n) is 3.85. The maximum Gasteiger partial charge on any atom is 0.329 e. The van der Waals surface area contributed by atoms with Crippen molar-refractivity contribution in [3.63, 3.8) is 0 Å². The van der Waals surface area contributed by atoms with Crippen molar-refractivity contribution in [1.82, 2.24) is 4.90 Å². The van der Waals surface area contributed by atoms with Crippen molar-refractivity contribution in [3.8, 4) is 0 Å². The van der Waals surface area contributed by atoms with Crippen LogP contribution in [0.25, 0.3) is 0 Å². The Bertz CT molecular complexity index is 200. The summed E-state index contributed by atoms with van der Waals surface area (Å²) < 4.78 is 4.57. The molecule has 0 aromatic rings. The van der Waals surface area contributed by atoms with Crippen molar-refractivity contribution in [1.29, 1.82) is 0 Å². The second-order valence-corrected chi connectivity index (χ2v) is 3.61. The Morgan fingerprint density at radius 2 is 2.38 bits per heavy atom. The highest BCUT2D eigenvalue weighted by Gasteiger charge is 2.34. The molecule has 0 aliphatic carbocycles. The second-order valence-electron chi connectivity index (χ2n) is 2.61. The molecule has 1 saturated heterocycles. The van der Waals surface area contributed by atoms with Gasteiger partial charge in [0.15, 0.2) is 0 Å². The summed E-state index contributed by atoms with van der Waals surface area (Å²) in [7, 11) is 1.32. The fourth-order valence-electron chi connectivity index (χ4n) is 1.14. The summed E-state index contributed by atoms with van der Waals surface area (Å²) in [5.41, 5.74) is 5.20. The van der Waals surface area contributed by atoms with E-state index in [0.717, 1.165) is 0 Å². The number of carbonyl (C=O) groups excluding carboxylic acids is 2. The highest BCUT2D eigenvalue weighted by molar-refractivity contribution is 7.99. The molecule has 0 aromatic heterocycles. The molecule has 0 radical (unpaired) electrons. The van der Waals surface area contributed by atoms with E-state index in [1.807, 2.05) is 0 Å². The second kappa shape index (κ2) is 4.48. The average Bonchev–Trinajstić information content (AvgIpc) is 2.63. The van der Waals surface area contributed by atoms with Crippen LogP contribution in [-0.4, -0.2) is 48.1 Å². The van der Waals surface area contributed by atoms with Gasteiger partial charge in [0.25, 0.3) is 0 Å². The number of nitrogens with zero attached hydrogens (tertiary/aromatic N) is 1. The average molecular weight is 204 g/mol. The Hall–Kier alpha value is -0.750. The summed E-state index contributed by atoms with van der Waals surface area (Å²) in [6.07, 6.45) is 0. The quantitative estimate of drug-likeness (QED) is 0.585. The molecule has 13 heavy (non-hydrogen) atoms. The van der Waals surface area contributed by atoms with Crippen molar-refractivity contribution < 1.29 is 14.3 Å². The Morgan fingerprint density at radius 1 is 1.69 bits per heavy atom.